The number of hydrogen-bond donors (Lipinski definition) is 1. The smallest absolute Gasteiger partial charge is 0.291 e. The number of hydrogen-bond acceptors (Lipinski definition) is 3. The van der Waals surface area contributed by atoms with Crippen LogP contribution in [0.5, 0.6) is 0 Å². The molecule has 0 aliphatic carbocycles. The predicted octanol–water partition coefficient (Wildman–Crippen LogP) is -0.0896. The van der Waals surface area contributed by atoms with Gasteiger partial charge in [-0.3, -0.25) is 10.1 Å². The first-order valence-electron chi connectivity index (χ1n) is 2.20. The molecule has 1 heterocycles. The number of nitrogens with zero attached hydrogens (tertiary/aromatic N) is 1. The van der Waals surface area contributed by atoms with Crippen LogP contribution in [0.15, 0.2) is 12.3 Å². The van der Waals surface area contributed by atoms with E-state index in [0.29, 0.717) is 0 Å². The minimum atomic E-state index is -0.699. The molecule has 0 saturated carbocycles. The van der Waals surface area contributed by atoms with E-state index < -0.39 is 6.17 Å². The van der Waals surface area contributed by atoms with Gasteiger partial charge in [-0.05, 0) is 6.20 Å². The highest BCUT2D eigenvalue weighted by Crippen LogP contribution is 1.98. The van der Waals surface area contributed by atoms with Gasteiger partial charge in [-0.1, -0.05) is 6.08 Å². The first-order valence-corrected chi connectivity index (χ1v) is 2.20. The number of nitrogens with one attached hydrogen (secondary N) is 1. The largest absolute Gasteiger partial charge is 0.330 e. The van der Waals surface area contributed by atoms with Gasteiger partial charge >= 0.3 is 0 Å². The van der Waals surface area contributed by atoms with Crippen LogP contribution in [-0.4, -0.2) is 11.1 Å². The van der Waals surface area contributed by atoms with Crippen molar-refractivity contribution in [3.63, 3.8) is 0 Å². The molecule has 1 atom stereocenters. The van der Waals surface area contributed by atoms with Crippen LogP contribution in [0.2, 0.25) is 0 Å². The molecule has 4 heteroatoms. The molecule has 0 amide bonds. The van der Waals surface area contributed by atoms with Crippen LogP contribution in [0.25, 0.3) is 0 Å². The summed E-state index contributed by atoms with van der Waals surface area (Å²) in [6.07, 6.45) is 3.95. The molecule has 4 nitrogen and oxygen atoms in total. The molecule has 1 radical (unpaired) electrons. The molecule has 0 bridgehead atoms. The fraction of sp³-hybridized carbons (Fsp3) is 0.250. The van der Waals surface area contributed by atoms with Crippen molar-refractivity contribution in [1.82, 2.24) is 5.32 Å². The maximum Gasteiger partial charge on any atom is 0.291 e. The van der Waals surface area contributed by atoms with Crippen molar-refractivity contribution >= 4 is 0 Å². The van der Waals surface area contributed by atoms with Crippen LogP contribution in [0.4, 0.5) is 0 Å². The molecule has 0 aromatic carbocycles. The third kappa shape index (κ3) is 0.776. The Morgan fingerprint density at radius 2 is 2.50 bits per heavy atom. The predicted molar refractivity (Wildman–Crippen MR) is 27.4 cm³/mol. The van der Waals surface area contributed by atoms with Gasteiger partial charge in [0.25, 0.3) is 6.17 Å². The molecule has 8 heavy (non-hydrogen) atoms. The average Bonchev–Trinajstić information content (AvgIpc) is 2.12. The molecular formula is C4H5N2O2. The van der Waals surface area contributed by atoms with Crippen LogP contribution in [-0.2, 0) is 0 Å². The van der Waals surface area contributed by atoms with Gasteiger partial charge in [0.1, 0.15) is 0 Å². The average molecular weight is 113 g/mol. The Morgan fingerprint density at radius 3 is 2.75 bits per heavy atom. The highest BCUT2D eigenvalue weighted by Gasteiger charge is 2.19. The van der Waals surface area contributed by atoms with Crippen molar-refractivity contribution < 1.29 is 4.92 Å². The van der Waals surface area contributed by atoms with E-state index in [9.17, 15) is 10.1 Å². The van der Waals surface area contributed by atoms with Gasteiger partial charge in [0.05, 0.1) is 6.42 Å². The Balaban J connectivity index is 2.41. The lowest BCUT2D eigenvalue weighted by Crippen LogP contribution is -2.28. The van der Waals surface area contributed by atoms with Crippen molar-refractivity contribution in [2.24, 2.45) is 0 Å². The molecular weight excluding hydrogens is 108 g/mol. The topological polar surface area (TPSA) is 55.2 Å². The summed E-state index contributed by atoms with van der Waals surface area (Å²) >= 11 is 0. The van der Waals surface area contributed by atoms with Gasteiger partial charge in [-0.2, -0.15) is 0 Å². The van der Waals surface area contributed by atoms with Crippen molar-refractivity contribution in [3.05, 3.63) is 28.8 Å². The zero-order chi connectivity index (χ0) is 5.98. The molecule has 0 saturated heterocycles. The summed E-state index contributed by atoms with van der Waals surface area (Å²) in [4.78, 5) is 9.48. The van der Waals surface area contributed by atoms with Crippen LogP contribution in [0.3, 0.4) is 0 Å². The molecule has 1 rings (SSSR count). The highest BCUT2D eigenvalue weighted by atomic mass is 16.6. The fourth-order valence-corrected chi connectivity index (χ4v) is 0.502. The van der Waals surface area contributed by atoms with Crippen molar-refractivity contribution in [3.8, 4) is 0 Å². The van der Waals surface area contributed by atoms with E-state index in [1.54, 1.807) is 12.3 Å². The van der Waals surface area contributed by atoms with E-state index in [1.165, 1.54) is 6.42 Å². The second-order valence-electron chi connectivity index (χ2n) is 1.45. The van der Waals surface area contributed by atoms with E-state index in [2.05, 4.69) is 5.32 Å². The summed E-state index contributed by atoms with van der Waals surface area (Å²) < 4.78 is 0. The monoisotopic (exact) mass is 113 g/mol. The van der Waals surface area contributed by atoms with Gasteiger partial charge in [0.15, 0.2) is 0 Å². The van der Waals surface area contributed by atoms with Crippen LogP contribution in [0, 0.1) is 16.5 Å². The van der Waals surface area contributed by atoms with E-state index in [1.807, 2.05) is 0 Å². The van der Waals surface area contributed by atoms with Crippen molar-refractivity contribution in [2.75, 3.05) is 0 Å². The van der Waals surface area contributed by atoms with Crippen LogP contribution >= 0.6 is 0 Å². The zero-order valence-electron chi connectivity index (χ0n) is 4.07. The molecule has 43 valence electrons. The molecule has 1 aliphatic rings. The lowest BCUT2D eigenvalue weighted by Gasteiger charge is -1.97. The summed E-state index contributed by atoms with van der Waals surface area (Å²) in [7, 11) is 0. The van der Waals surface area contributed by atoms with Gasteiger partial charge in [0.2, 0.25) is 0 Å². The third-order valence-electron chi connectivity index (χ3n) is 0.884. The molecule has 0 aromatic rings. The minimum Gasteiger partial charge on any atom is -0.330 e. The Labute approximate surface area is 46.3 Å². The number of rotatable bonds is 1. The molecule has 1 unspecified atom stereocenters. The second-order valence-corrected chi connectivity index (χ2v) is 1.45. The maximum atomic E-state index is 9.87. The standard InChI is InChI=1S/C4H5N2O2/c7-6(8)4-2-1-3-5-4/h1-5H. The molecule has 0 spiro atoms. The Kier molecular flexibility index (Phi) is 1.15. The van der Waals surface area contributed by atoms with Gasteiger partial charge < -0.3 is 5.32 Å². The first-order chi connectivity index (χ1) is 3.80. The normalized spacial score (nSPS) is 25.2. The van der Waals surface area contributed by atoms with Crippen molar-refractivity contribution in [1.29, 1.82) is 0 Å². The summed E-state index contributed by atoms with van der Waals surface area (Å²) in [6.45, 7) is 0. The molecule has 1 N–H and O–H groups in total. The quantitative estimate of drug-likeness (QED) is 0.382. The zero-order valence-corrected chi connectivity index (χ0v) is 4.07. The minimum absolute atomic E-state index is 0.389. The van der Waals surface area contributed by atoms with E-state index in [-0.39, 0.29) is 4.92 Å². The Bertz CT molecular complexity index is 124. The Morgan fingerprint density at radius 1 is 1.75 bits per heavy atom. The lowest BCUT2D eigenvalue weighted by atomic mass is 10.4. The Hall–Kier alpha value is -1.06. The first kappa shape index (κ1) is 5.08. The summed E-state index contributed by atoms with van der Waals surface area (Å²) in [6, 6.07) is 0. The summed E-state index contributed by atoms with van der Waals surface area (Å²) in [5.74, 6) is 0. The summed E-state index contributed by atoms with van der Waals surface area (Å²) in [5.41, 5.74) is 0. The summed E-state index contributed by atoms with van der Waals surface area (Å²) in [5, 5.41) is 12.4. The SMILES string of the molecule is O=[N+]([O-])C1[CH]C=CN1. The van der Waals surface area contributed by atoms with Crippen LogP contribution < -0.4 is 5.32 Å². The second kappa shape index (κ2) is 1.81. The lowest BCUT2D eigenvalue weighted by molar-refractivity contribution is -0.516. The number of nitro groups is 1. The van der Waals surface area contributed by atoms with Crippen molar-refractivity contribution in [2.45, 2.75) is 6.17 Å². The molecule has 0 aromatic heterocycles. The van der Waals surface area contributed by atoms with E-state index >= 15 is 0 Å². The maximum absolute atomic E-state index is 9.87. The van der Waals surface area contributed by atoms with Gasteiger partial charge in [-0.25, -0.2) is 0 Å². The molecule has 0 fully saturated rings. The third-order valence-corrected chi connectivity index (χ3v) is 0.884. The van der Waals surface area contributed by atoms with Crippen LogP contribution in [0.1, 0.15) is 0 Å². The fourth-order valence-electron chi connectivity index (χ4n) is 0.502. The van der Waals surface area contributed by atoms with Gasteiger partial charge in [0, 0.05) is 4.92 Å². The van der Waals surface area contributed by atoms with Gasteiger partial charge in [-0.15, -0.1) is 0 Å². The highest BCUT2D eigenvalue weighted by molar-refractivity contribution is 5.05. The van der Waals surface area contributed by atoms with E-state index in [0.717, 1.165) is 0 Å². The molecule has 1 aliphatic heterocycles. The van der Waals surface area contributed by atoms with E-state index in [4.69, 9.17) is 0 Å².